The fourth-order valence-electron chi connectivity index (χ4n) is 3.28. The van der Waals surface area contributed by atoms with Gasteiger partial charge in [0, 0.05) is 18.3 Å². The Labute approximate surface area is 153 Å². The summed E-state index contributed by atoms with van der Waals surface area (Å²) >= 11 is 1.07. The first kappa shape index (κ1) is 16.9. The summed E-state index contributed by atoms with van der Waals surface area (Å²) in [5, 5.41) is 3.05. The molecule has 1 saturated heterocycles. The van der Waals surface area contributed by atoms with Crippen molar-refractivity contribution >= 4 is 38.3 Å². The first-order chi connectivity index (χ1) is 12.5. The van der Waals surface area contributed by atoms with Gasteiger partial charge in [-0.1, -0.05) is 29.0 Å². The number of fused-ring (bicyclic) bond motifs is 1. The van der Waals surface area contributed by atoms with Gasteiger partial charge in [0.2, 0.25) is 5.91 Å². The molecule has 0 spiro atoms. The number of benzene rings is 2. The molecule has 1 aliphatic heterocycles. The first-order valence-electron chi connectivity index (χ1n) is 8.41. The highest BCUT2D eigenvalue weighted by Crippen LogP contribution is 2.30. The monoisotopic (exact) mass is 373 g/mol. The fraction of sp³-hybridized carbons (Fsp3) is 0.263. The third-order valence-electron chi connectivity index (χ3n) is 4.56. The van der Waals surface area contributed by atoms with Crippen molar-refractivity contribution in [3.05, 3.63) is 53.6 Å². The standard InChI is InChI=1S/C19H17F2N3OS/c1-11-4-6-13(7-5-11)24-8-2-3-15(24)18(25)23-19-22-17-14(21)9-12(20)10-16(17)26-19/h4-7,9-10,15H,2-3,8H2,1H3,(H,22,23,25). The predicted octanol–water partition coefficient (Wildman–Crippen LogP) is 4.49. The van der Waals surface area contributed by atoms with Crippen LogP contribution in [0, 0.1) is 18.6 Å². The van der Waals surface area contributed by atoms with Crippen LogP contribution >= 0.6 is 11.3 Å². The SMILES string of the molecule is Cc1ccc(N2CCCC2C(=O)Nc2nc3c(F)cc(F)cc3s2)cc1. The summed E-state index contributed by atoms with van der Waals surface area (Å²) in [6.07, 6.45) is 1.67. The van der Waals surface area contributed by atoms with E-state index in [9.17, 15) is 13.6 Å². The van der Waals surface area contributed by atoms with Crippen LogP contribution in [0.25, 0.3) is 10.2 Å². The molecule has 1 N–H and O–H groups in total. The Kier molecular flexibility index (Phi) is 4.32. The van der Waals surface area contributed by atoms with Crippen LogP contribution in [0.5, 0.6) is 0 Å². The maximum absolute atomic E-state index is 13.8. The molecule has 1 fully saturated rings. The molecule has 2 heterocycles. The van der Waals surface area contributed by atoms with Gasteiger partial charge in [-0.25, -0.2) is 13.8 Å². The summed E-state index contributed by atoms with van der Waals surface area (Å²) < 4.78 is 27.5. The van der Waals surface area contributed by atoms with Crippen molar-refractivity contribution in [3.63, 3.8) is 0 Å². The van der Waals surface area contributed by atoms with Crippen molar-refractivity contribution < 1.29 is 13.6 Å². The Morgan fingerprint density at radius 2 is 2.04 bits per heavy atom. The number of carbonyl (C=O) groups is 1. The average Bonchev–Trinajstić information content (AvgIpc) is 3.22. The van der Waals surface area contributed by atoms with Gasteiger partial charge in [-0.2, -0.15) is 0 Å². The molecule has 1 unspecified atom stereocenters. The summed E-state index contributed by atoms with van der Waals surface area (Å²) in [4.78, 5) is 18.9. The number of aromatic nitrogens is 1. The van der Waals surface area contributed by atoms with Gasteiger partial charge in [0.15, 0.2) is 10.9 Å². The van der Waals surface area contributed by atoms with Gasteiger partial charge in [-0.05, 0) is 38.0 Å². The third kappa shape index (κ3) is 3.14. The number of nitrogens with one attached hydrogen (secondary N) is 1. The molecule has 3 aromatic rings. The van der Waals surface area contributed by atoms with Crippen LogP contribution in [0.15, 0.2) is 36.4 Å². The second-order valence-electron chi connectivity index (χ2n) is 6.43. The van der Waals surface area contributed by atoms with Crippen molar-refractivity contribution in [2.45, 2.75) is 25.8 Å². The van der Waals surface area contributed by atoms with Crippen LogP contribution in [0.2, 0.25) is 0 Å². The lowest BCUT2D eigenvalue weighted by Gasteiger charge is -2.25. The number of carbonyl (C=O) groups excluding carboxylic acids is 1. The zero-order valence-electron chi connectivity index (χ0n) is 14.1. The summed E-state index contributed by atoms with van der Waals surface area (Å²) in [6, 6.07) is 9.78. The minimum Gasteiger partial charge on any atom is -0.360 e. The molecule has 1 aliphatic rings. The number of rotatable bonds is 3. The molecular weight excluding hydrogens is 356 g/mol. The van der Waals surface area contributed by atoms with Gasteiger partial charge in [-0.3, -0.25) is 4.79 Å². The van der Waals surface area contributed by atoms with Crippen LogP contribution in [0.4, 0.5) is 19.6 Å². The van der Waals surface area contributed by atoms with E-state index in [0.717, 1.165) is 48.0 Å². The summed E-state index contributed by atoms with van der Waals surface area (Å²) in [6.45, 7) is 2.83. The lowest BCUT2D eigenvalue weighted by Crippen LogP contribution is -2.39. The van der Waals surface area contributed by atoms with Crippen LogP contribution < -0.4 is 10.2 Å². The molecule has 7 heteroatoms. The van der Waals surface area contributed by atoms with Crippen molar-refractivity contribution in [3.8, 4) is 0 Å². The molecular formula is C19H17F2N3OS. The second kappa shape index (κ2) is 6.64. The van der Waals surface area contributed by atoms with E-state index in [1.54, 1.807) is 0 Å². The van der Waals surface area contributed by atoms with Gasteiger partial charge >= 0.3 is 0 Å². The van der Waals surface area contributed by atoms with Gasteiger partial charge < -0.3 is 10.2 Å². The Bertz CT molecular complexity index is 971. The van der Waals surface area contributed by atoms with Crippen molar-refractivity contribution in [1.82, 2.24) is 4.98 Å². The maximum atomic E-state index is 13.8. The van der Waals surface area contributed by atoms with E-state index < -0.39 is 11.6 Å². The summed E-state index contributed by atoms with van der Waals surface area (Å²) in [5.74, 6) is -1.56. The third-order valence-corrected chi connectivity index (χ3v) is 5.48. The maximum Gasteiger partial charge on any atom is 0.248 e. The van der Waals surface area contributed by atoms with Crippen LogP contribution in [-0.4, -0.2) is 23.5 Å². The number of hydrogen-bond donors (Lipinski definition) is 1. The normalized spacial score (nSPS) is 17.0. The minimum absolute atomic E-state index is 0.0773. The molecule has 4 nitrogen and oxygen atoms in total. The molecule has 0 bridgehead atoms. The summed E-state index contributed by atoms with van der Waals surface area (Å²) in [7, 11) is 0. The highest BCUT2D eigenvalue weighted by Gasteiger charge is 2.31. The Morgan fingerprint density at radius 1 is 1.27 bits per heavy atom. The van der Waals surface area contributed by atoms with Gasteiger partial charge in [0.1, 0.15) is 17.4 Å². The number of thiazole rings is 1. The van der Waals surface area contributed by atoms with Gasteiger partial charge in [0.05, 0.1) is 4.70 Å². The molecule has 134 valence electrons. The van der Waals surface area contributed by atoms with Crippen LogP contribution in [-0.2, 0) is 4.79 Å². The van der Waals surface area contributed by atoms with Crippen LogP contribution in [0.3, 0.4) is 0 Å². The van der Waals surface area contributed by atoms with E-state index in [-0.39, 0.29) is 22.6 Å². The van der Waals surface area contributed by atoms with E-state index >= 15 is 0 Å². The molecule has 0 saturated carbocycles. The van der Waals surface area contributed by atoms with Crippen molar-refractivity contribution in [1.29, 1.82) is 0 Å². The highest BCUT2D eigenvalue weighted by atomic mass is 32.1. The molecule has 4 rings (SSSR count). The highest BCUT2D eigenvalue weighted by molar-refractivity contribution is 7.22. The Hall–Kier alpha value is -2.54. The number of anilines is 2. The smallest absolute Gasteiger partial charge is 0.248 e. The van der Waals surface area contributed by atoms with E-state index in [1.165, 1.54) is 6.07 Å². The van der Waals surface area contributed by atoms with Crippen molar-refractivity contribution in [2.24, 2.45) is 0 Å². The molecule has 26 heavy (non-hydrogen) atoms. The number of halogens is 2. The molecule has 1 amide bonds. The number of nitrogens with zero attached hydrogens (tertiary/aromatic N) is 2. The lowest BCUT2D eigenvalue weighted by molar-refractivity contribution is -0.117. The van der Waals surface area contributed by atoms with Gasteiger partial charge in [-0.15, -0.1) is 0 Å². The second-order valence-corrected chi connectivity index (χ2v) is 7.46. The molecule has 0 aliphatic carbocycles. The topological polar surface area (TPSA) is 45.2 Å². The zero-order valence-corrected chi connectivity index (χ0v) is 14.9. The van der Waals surface area contributed by atoms with Crippen molar-refractivity contribution in [2.75, 3.05) is 16.8 Å². The molecule has 0 radical (unpaired) electrons. The largest absolute Gasteiger partial charge is 0.360 e. The lowest BCUT2D eigenvalue weighted by atomic mass is 10.1. The molecule has 2 aromatic carbocycles. The average molecular weight is 373 g/mol. The van der Waals surface area contributed by atoms with E-state index in [2.05, 4.69) is 15.2 Å². The van der Waals surface area contributed by atoms with E-state index in [4.69, 9.17) is 0 Å². The Morgan fingerprint density at radius 3 is 2.81 bits per heavy atom. The predicted molar refractivity (Wildman–Crippen MR) is 99.7 cm³/mol. The zero-order chi connectivity index (χ0) is 18.3. The minimum atomic E-state index is -0.723. The van der Waals surface area contributed by atoms with Gasteiger partial charge in [0.25, 0.3) is 0 Å². The van der Waals surface area contributed by atoms with E-state index in [1.807, 2.05) is 31.2 Å². The first-order valence-corrected chi connectivity index (χ1v) is 9.23. The van der Waals surface area contributed by atoms with E-state index in [0.29, 0.717) is 4.70 Å². The Balaban J connectivity index is 1.55. The summed E-state index contributed by atoms with van der Waals surface area (Å²) in [5.41, 5.74) is 2.25. The molecule has 1 atom stereocenters. The number of amides is 1. The molecule has 1 aromatic heterocycles. The fourth-order valence-corrected chi connectivity index (χ4v) is 4.19. The number of hydrogen-bond acceptors (Lipinski definition) is 4. The van der Waals surface area contributed by atoms with Crippen LogP contribution in [0.1, 0.15) is 18.4 Å². The quantitative estimate of drug-likeness (QED) is 0.736. The number of aryl methyl sites for hydroxylation is 1.